The summed E-state index contributed by atoms with van der Waals surface area (Å²) < 4.78 is 2.16. The third-order valence-electron chi connectivity index (χ3n) is 4.09. The van der Waals surface area contributed by atoms with Crippen LogP contribution in [0.25, 0.3) is 0 Å². The number of guanidine groups is 1. The molecule has 3 aliphatic heterocycles. The van der Waals surface area contributed by atoms with Crippen molar-refractivity contribution in [3.05, 3.63) is 41.6 Å². The number of rotatable bonds is 2. The summed E-state index contributed by atoms with van der Waals surface area (Å²) in [7, 11) is 0. The SMILES string of the molecule is O=C1C2=C(CCN(I)C2)N2CCN=C2N1Nc1ccccc1. The first-order chi connectivity index (χ1) is 10.7. The zero-order valence-corrected chi connectivity index (χ0v) is 14.2. The lowest BCUT2D eigenvalue weighted by Gasteiger charge is -2.40. The van der Waals surface area contributed by atoms with Crippen molar-refractivity contribution in [2.45, 2.75) is 6.42 Å². The van der Waals surface area contributed by atoms with Gasteiger partial charge in [0.15, 0.2) is 0 Å². The molecule has 3 aliphatic rings. The van der Waals surface area contributed by atoms with Gasteiger partial charge in [0.2, 0.25) is 5.96 Å². The Balaban J connectivity index is 1.70. The molecule has 0 atom stereocenters. The van der Waals surface area contributed by atoms with E-state index >= 15 is 0 Å². The van der Waals surface area contributed by atoms with E-state index in [1.807, 2.05) is 30.3 Å². The molecule has 3 heterocycles. The number of nitrogens with one attached hydrogen (secondary N) is 1. The fourth-order valence-corrected chi connectivity index (χ4v) is 3.64. The quantitative estimate of drug-likeness (QED) is 0.599. The van der Waals surface area contributed by atoms with E-state index in [2.05, 4.69) is 41.3 Å². The van der Waals surface area contributed by atoms with E-state index in [9.17, 15) is 4.79 Å². The normalized spacial score (nSPS) is 21.7. The molecular weight excluding hydrogens is 393 g/mol. The predicted molar refractivity (Wildman–Crippen MR) is 93.2 cm³/mol. The van der Waals surface area contributed by atoms with Crippen molar-refractivity contribution in [1.82, 2.24) is 13.0 Å². The maximum Gasteiger partial charge on any atom is 0.278 e. The minimum atomic E-state index is 0.0112. The summed E-state index contributed by atoms with van der Waals surface area (Å²) in [5.41, 5.74) is 6.12. The summed E-state index contributed by atoms with van der Waals surface area (Å²) >= 11 is 2.29. The van der Waals surface area contributed by atoms with Gasteiger partial charge in [-0.3, -0.25) is 10.2 Å². The van der Waals surface area contributed by atoms with Crippen LogP contribution in [0.1, 0.15) is 6.42 Å². The van der Waals surface area contributed by atoms with Gasteiger partial charge >= 0.3 is 0 Å². The van der Waals surface area contributed by atoms with Crippen molar-refractivity contribution in [1.29, 1.82) is 0 Å². The van der Waals surface area contributed by atoms with Crippen molar-refractivity contribution < 1.29 is 4.79 Å². The Labute approximate surface area is 142 Å². The Hall–Kier alpha value is -1.61. The van der Waals surface area contributed by atoms with Crippen molar-refractivity contribution in [3.8, 4) is 0 Å². The molecule has 114 valence electrons. The van der Waals surface area contributed by atoms with E-state index in [4.69, 9.17) is 0 Å². The number of hydrogen-bond acceptors (Lipinski definition) is 5. The molecule has 0 fully saturated rings. The molecule has 1 amide bonds. The largest absolute Gasteiger partial charge is 0.312 e. The first-order valence-electron chi connectivity index (χ1n) is 7.35. The fraction of sp³-hybridized carbons (Fsp3) is 0.333. The van der Waals surface area contributed by atoms with E-state index < -0.39 is 0 Å². The number of halogens is 1. The molecule has 1 aromatic rings. The Kier molecular flexibility index (Phi) is 3.53. The monoisotopic (exact) mass is 409 g/mol. The highest BCUT2D eigenvalue weighted by Crippen LogP contribution is 2.31. The van der Waals surface area contributed by atoms with Gasteiger partial charge in [-0.15, -0.1) is 0 Å². The predicted octanol–water partition coefficient (Wildman–Crippen LogP) is 1.84. The molecule has 22 heavy (non-hydrogen) atoms. The number of carbonyl (C=O) groups excluding carboxylic acids is 1. The standard InChI is InChI=1S/C15H16IN5O/c16-19-8-6-13-12(10-19)14(22)21(15-17-7-9-20(13)15)18-11-4-2-1-3-5-11/h1-5,18H,6-10H2. The molecule has 0 saturated carbocycles. The van der Waals surface area contributed by atoms with Crippen molar-refractivity contribution in [3.63, 3.8) is 0 Å². The van der Waals surface area contributed by atoms with E-state index in [1.54, 1.807) is 5.01 Å². The summed E-state index contributed by atoms with van der Waals surface area (Å²) in [4.78, 5) is 19.6. The minimum Gasteiger partial charge on any atom is -0.312 e. The Morgan fingerprint density at radius 2 is 2.00 bits per heavy atom. The van der Waals surface area contributed by atoms with Crippen LogP contribution < -0.4 is 5.43 Å². The Morgan fingerprint density at radius 3 is 2.82 bits per heavy atom. The maximum atomic E-state index is 12.9. The average Bonchev–Trinajstić information content (AvgIpc) is 3.02. The van der Waals surface area contributed by atoms with Gasteiger partial charge in [0.05, 0.1) is 17.8 Å². The summed E-state index contributed by atoms with van der Waals surface area (Å²) in [6.45, 7) is 3.25. The number of aliphatic imine (C=N–C) groups is 1. The Morgan fingerprint density at radius 1 is 1.18 bits per heavy atom. The van der Waals surface area contributed by atoms with Gasteiger partial charge in [-0.1, -0.05) is 18.2 Å². The van der Waals surface area contributed by atoms with Gasteiger partial charge in [0.25, 0.3) is 5.91 Å². The Bertz CT molecular complexity index is 672. The van der Waals surface area contributed by atoms with Crippen LogP contribution in [-0.4, -0.2) is 51.1 Å². The topological polar surface area (TPSA) is 51.2 Å². The van der Waals surface area contributed by atoms with Crippen molar-refractivity contribution in [2.75, 3.05) is 31.6 Å². The molecule has 0 spiro atoms. The van der Waals surface area contributed by atoms with Gasteiger partial charge in [-0.2, -0.15) is 5.01 Å². The van der Waals surface area contributed by atoms with Crippen molar-refractivity contribution in [2.24, 2.45) is 4.99 Å². The number of hydrogen-bond donors (Lipinski definition) is 1. The zero-order chi connectivity index (χ0) is 15.1. The second kappa shape index (κ2) is 5.54. The second-order valence-electron chi connectivity index (χ2n) is 5.47. The highest BCUT2D eigenvalue weighted by Gasteiger charge is 2.41. The third kappa shape index (κ3) is 2.28. The van der Waals surface area contributed by atoms with Crippen LogP contribution in [0.5, 0.6) is 0 Å². The number of hydrazine groups is 1. The van der Waals surface area contributed by atoms with Crippen LogP contribution in [-0.2, 0) is 4.79 Å². The summed E-state index contributed by atoms with van der Waals surface area (Å²) in [6, 6.07) is 9.75. The lowest BCUT2D eigenvalue weighted by atomic mass is 10.0. The number of amides is 1. The third-order valence-corrected chi connectivity index (χ3v) is 4.91. The van der Waals surface area contributed by atoms with E-state index in [1.165, 1.54) is 0 Å². The number of carbonyl (C=O) groups is 1. The molecule has 0 radical (unpaired) electrons. The second-order valence-corrected chi connectivity index (χ2v) is 6.84. The van der Waals surface area contributed by atoms with Crippen LogP contribution >= 0.6 is 22.9 Å². The van der Waals surface area contributed by atoms with Crippen LogP contribution in [0.15, 0.2) is 46.6 Å². The molecule has 0 unspecified atom stereocenters. The van der Waals surface area contributed by atoms with Crippen LogP contribution in [0.4, 0.5) is 5.69 Å². The van der Waals surface area contributed by atoms with Crippen molar-refractivity contribution >= 4 is 40.4 Å². The zero-order valence-electron chi connectivity index (χ0n) is 12.0. The lowest BCUT2D eigenvalue weighted by Crippen LogP contribution is -2.55. The highest BCUT2D eigenvalue weighted by atomic mass is 127. The number of benzene rings is 1. The first kappa shape index (κ1) is 14.0. The number of nitrogens with zero attached hydrogens (tertiary/aromatic N) is 4. The molecule has 1 N–H and O–H groups in total. The highest BCUT2D eigenvalue weighted by molar-refractivity contribution is 14.1. The molecule has 0 aliphatic carbocycles. The molecule has 4 rings (SSSR count). The molecule has 0 bridgehead atoms. The van der Waals surface area contributed by atoms with E-state index in [0.717, 1.165) is 49.0 Å². The maximum absolute atomic E-state index is 12.9. The van der Waals surface area contributed by atoms with Gasteiger partial charge in [-0.25, -0.2) is 8.11 Å². The summed E-state index contributed by atoms with van der Waals surface area (Å²) in [6.07, 6.45) is 0.905. The van der Waals surface area contributed by atoms with Crippen LogP contribution in [0.3, 0.4) is 0 Å². The fourth-order valence-electron chi connectivity index (χ4n) is 3.06. The molecular formula is C15H16IN5O. The molecule has 6 nitrogen and oxygen atoms in total. The van der Waals surface area contributed by atoms with E-state index in [0.29, 0.717) is 6.54 Å². The van der Waals surface area contributed by atoms with E-state index in [-0.39, 0.29) is 5.91 Å². The number of fused-ring (bicyclic) bond motifs is 2. The molecule has 1 aromatic carbocycles. The van der Waals surface area contributed by atoms with Crippen LogP contribution in [0.2, 0.25) is 0 Å². The molecule has 0 saturated heterocycles. The summed E-state index contributed by atoms with van der Waals surface area (Å²) in [5.74, 6) is 0.742. The molecule has 0 aromatic heterocycles. The van der Waals surface area contributed by atoms with Gasteiger partial charge < -0.3 is 4.90 Å². The number of anilines is 1. The molecule has 7 heteroatoms. The van der Waals surface area contributed by atoms with Crippen LogP contribution in [0, 0.1) is 0 Å². The number of para-hydroxylation sites is 1. The lowest BCUT2D eigenvalue weighted by molar-refractivity contribution is -0.123. The summed E-state index contributed by atoms with van der Waals surface area (Å²) in [5, 5.41) is 1.59. The average molecular weight is 409 g/mol. The smallest absolute Gasteiger partial charge is 0.278 e. The first-order valence-corrected chi connectivity index (χ1v) is 8.31. The van der Waals surface area contributed by atoms with Gasteiger partial charge in [0, 0.05) is 54.6 Å². The minimum absolute atomic E-state index is 0.0112. The van der Waals surface area contributed by atoms with Gasteiger partial charge in [-0.05, 0) is 12.1 Å². The van der Waals surface area contributed by atoms with Gasteiger partial charge in [0.1, 0.15) is 0 Å².